The Morgan fingerprint density at radius 2 is 1.48 bits per heavy atom. The van der Waals surface area contributed by atoms with E-state index < -0.39 is 6.10 Å². The number of nitrogens with one attached hydrogen (secondary N) is 1. The summed E-state index contributed by atoms with van der Waals surface area (Å²) in [5.41, 5.74) is 1.97. The SMILES string of the molecule is CC(=O)N[C@H](CC[C@H](O)c1ccccc1)c1ccccc1. The van der Waals surface area contributed by atoms with Crippen molar-refractivity contribution in [3.8, 4) is 0 Å². The van der Waals surface area contributed by atoms with Crippen molar-refractivity contribution in [2.75, 3.05) is 0 Å². The Morgan fingerprint density at radius 1 is 0.952 bits per heavy atom. The minimum atomic E-state index is -0.508. The first-order valence-electron chi connectivity index (χ1n) is 7.22. The smallest absolute Gasteiger partial charge is 0.217 e. The van der Waals surface area contributed by atoms with Gasteiger partial charge in [0.15, 0.2) is 0 Å². The summed E-state index contributed by atoms with van der Waals surface area (Å²) in [5.74, 6) is -0.0574. The van der Waals surface area contributed by atoms with E-state index in [2.05, 4.69) is 5.32 Å². The minimum Gasteiger partial charge on any atom is -0.388 e. The maximum absolute atomic E-state index is 11.4. The highest BCUT2D eigenvalue weighted by atomic mass is 16.3. The van der Waals surface area contributed by atoms with Gasteiger partial charge in [-0.2, -0.15) is 0 Å². The Kier molecular flexibility index (Phi) is 5.52. The molecular weight excluding hydrogens is 262 g/mol. The van der Waals surface area contributed by atoms with E-state index >= 15 is 0 Å². The molecular formula is C18H21NO2. The molecule has 0 aromatic heterocycles. The van der Waals surface area contributed by atoms with Gasteiger partial charge in [-0.1, -0.05) is 60.7 Å². The van der Waals surface area contributed by atoms with Crippen LogP contribution in [-0.2, 0) is 4.79 Å². The van der Waals surface area contributed by atoms with Crippen LogP contribution in [0.4, 0.5) is 0 Å². The fraction of sp³-hybridized carbons (Fsp3) is 0.278. The minimum absolute atomic E-state index is 0.0574. The van der Waals surface area contributed by atoms with Gasteiger partial charge in [0, 0.05) is 6.92 Å². The number of aliphatic hydroxyl groups excluding tert-OH is 1. The van der Waals surface area contributed by atoms with E-state index in [4.69, 9.17) is 0 Å². The average molecular weight is 283 g/mol. The summed E-state index contributed by atoms with van der Waals surface area (Å²) in [4.78, 5) is 11.4. The molecule has 110 valence electrons. The molecule has 0 aliphatic heterocycles. The van der Waals surface area contributed by atoms with Gasteiger partial charge < -0.3 is 10.4 Å². The van der Waals surface area contributed by atoms with Crippen LogP contribution in [0.5, 0.6) is 0 Å². The van der Waals surface area contributed by atoms with Gasteiger partial charge in [0.1, 0.15) is 0 Å². The number of hydrogen-bond donors (Lipinski definition) is 2. The third-order valence-electron chi connectivity index (χ3n) is 3.49. The van der Waals surface area contributed by atoms with E-state index in [1.54, 1.807) is 0 Å². The number of rotatable bonds is 6. The van der Waals surface area contributed by atoms with Crippen LogP contribution in [-0.4, -0.2) is 11.0 Å². The standard InChI is InChI=1S/C18H21NO2/c1-14(20)19-17(15-8-4-2-5-9-15)12-13-18(21)16-10-6-3-7-11-16/h2-11,17-18,21H,12-13H2,1H3,(H,19,20)/t17-,18+/m1/s1. The van der Waals surface area contributed by atoms with E-state index in [0.29, 0.717) is 12.8 Å². The zero-order valence-electron chi connectivity index (χ0n) is 12.2. The molecule has 0 aliphatic rings. The van der Waals surface area contributed by atoms with Crippen LogP contribution in [0, 0.1) is 0 Å². The predicted octanol–water partition coefficient (Wildman–Crippen LogP) is 3.38. The van der Waals surface area contributed by atoms with Crippen molar-refractivity contribution in [1.29, 1.82) is 0 Å². The molecule has 21 heavy (non-hydrogen) atoms. The molecule has 2 aromatic rings. The topological polar surface area (TPSA) is 49.3 Å². The third-order valence-corrected chi connectivity index (χ3v) is 3.49. The molecule has 3 nitrogen and oxygen atoms in total. The summed E-state index contributed by atoms with van der Waals surface area (Å²) < 4.78 is 0. The monoisotopic (exact) mass is 283 g/mol. The highest BCUT2D eigenvalue weighted by Crippen LogP contribution is 2.24. The molecule has 0 unspecified atom stereocenters. The van der Waals surface area contributed by atoms with Gasteiger partial charge in [-0.15, -0.1) is 0 Å². The molecule has 0 spiro atoms. The molecule has 0 fully saturated rings. The van der Waals surface area contributed by atoms with Crippen LogP contribution < -0.4 is 5.32 Å². The lowest BCUT2D eigenvalue weighted by Gasteiger charge is -2.20. The van der Waals surface area contributed by atoms with Crippen LogP contribution in [0.2, 0.25) is 0 Å². The van der Waals surface area contributed by atoms with Crippen molar-refractivity contribution < 1.29 is 9.90 Å². The summed E-state index contributed by atoms with van der Waals surface area (Å²) in [7, 11) is 0. The van der Waals surface area contributed by atoms with Crippen LogP contribution in [0.3, 0.4) is 0 Å². The molecule has 3 heteroatoms. The van der Waals surface area contributed by atoms with Gasteiger partial charge in [-0.3, -0.25) is 4.79 Å². The van der Waals surface area contributed by atoms with Crippen LogP contribution in [0.25, 0.3) is 0 Å². The second-order valence-corrected chi connectivity index (χ2v) is 5.17. The Balaban J connectivity index is 2.01. The first-order chi connectivity index (χ1) is 10.2. The third kappa shape index (κ3) is 4.72. The van der Waals surface area contributed by atoms with Gasteiger partial charge in [0.2, 0.25) is 5.91 Å². The molecule has 0 saturated carbocycles. The maximum Gasteiger partial charge on any atom is 0.217 e. The fourth-order valence-electron chi connectivity index (χ4n) is 2.42. The second-order valence-electron chi connectivity index (χ2n) is 5.17. The van der Waals surface area contributed by atoms with Gasteiger partial charge in [-0.25, -0.2) is 0 Å². The normalized spacial score (nSPS) is 13.4. The van der Waals surface area contributed by atoms with Gasteiger partial charge >= 0.3 is 0 Å². The van der Waals surface area contributed by atoms with E-state index in [1.807, 2.05) is 60.7 Å². The fourth-order valence-corrected chi connectivity index (χ4v) is 2.42. The van der Waals surface area contributed by atoms with Crippen molar-refractivity contribution in [1.82, 2.24) is 5.32 Å². The van der Waals surface area contributed by atoms with E-state index in [-0.39, 0.29) is 11.9 Å². The number of carbonyl (C=O) groups is 1. The molecule has 0 bridgehead atoms. The summed E-state index contributed by atoms with van der Waals surface area (Å²) in [5, 5.41) is 13.2. The van der Waals surface area contributed by atoms with Crippen LogP contribution in [0.1, 0.15) is 43.0 Å². The van der Waals surface area contributed by atoms with Crippen LogP contribution >= 0.6 is 0 Å². The van der Waals surface area contributed by atoms with E-state index in [9.17, 15) is 9.90 Å². The molecule has 2 atom stereocenters. The lowest BCUT2D eigenvalue weighted by molar-refractivity contribution is -0.119. The van der Waals surface area contributed by atoms with Crippen molar-refractivity contribution >= 4 is 5.91 Å². The molecule has 0 radical (unpaired) electrons. The molecule has 0 saturated heterocycles. The Bertz CT molecular complexity index is 554. The summed E-state index contributed by atoms with van der Waals surface area (Å²) in [6, 6.07) is 19.4. The van der Waals surface area contributed by atoms with Gasteiger partial charge in [0.05, 0.1) is 12.1 Å². The molecule has 0 heterocycles. The second kappa shape index (κ2) is 7.60. The maximum atomic E-state index is 11.4. The Morgan fingerprint density at radius 3 is 2.00 bits per heavy atom. The van der Waals surface area contributed by atoms with Crippen molar-refractivity contribution in [2.45, 2.75) is 31.9 Å². The van der Waals surface area contributed by atoms with E-state index in [1.165, 1.54) is 6.92 Å². The summed E-state index contributed by atoms with van der Waals surface area (Å²) in [6.07, 6.45) is 0.787. The van der Waals surface area contributed by atoms with Gasteiger partial charge in [-0.05, 0) is 24.0 Å². The predicted molar refractivity (Wildman–Crippen MR) is 83.6 cm³/mol. The highest BCUT2D eigenvalue weighted by Gasteiger charge is 2.15. The zero-order chi connectivity index (χ0) is 15.1. The largest absolute Gasteiger partial charge is 0.388 e. The zero-order valence-corrected chi connectivity index (χ0v) is 12.2. The summed E-state index contributed by atoms with van der Waals surface area (Å²) in [6.45, 7) is 1.52. The molecule has 2 aromatic carbocycles. The number of hydrogen-bond acceptors (Lipinski definition) is 2. The lowest BCUT2D eigenvalue weighted by atomic mass is 9.97. The van der Waals surface area contributed by atoms with Crippen molar-refractivity contribution in [2.24, 2.45) is 0 Å². The van der Waals surface area contributed by atoms with Gasteiger partial charge in [0.25, 0.3) is 0 Å². The summed E-state index contributed by atoms with van der Waals surface area (Å²) >= 11 is 0. The van der Waals surface area contributed by atoms with E-state index in [0.717, 1.165) is 11.1 Å². The first-order valence-corrected chi connectivity index (χ1v) is 7.22. The number of benzene rings is 2. The average Bonchev–Trinajstić information content (AvgIpc) is 2.52. The number of carbonyl (C=O) groups excluding carboxylic acids is 1. The molecule has 2 rings (SSSR count). The Labute approximate surface area is 125 Å². The Hall–Kier alpha value is -2.13. The quantitative estimate of drug-likeness (QED) is 0.854. The molecule has 1 amide bonds. The highest BCUT2D eigenvalue weighted by molar-refractivity contribution is 5.73. The number of aliphatic hydroxyl groups is 1. The number of amides is 1. The molecule has 0 aliphatic carbocycles. The molecule has 2 N–H and O–H groups in total. The van der Waals surface area contributed by atoms with Crippen molar-refractivity contribution in [3.05, 3.63) is 71.8 Å². The lowest BCUT2D eigenvalue weighted by Crippen LogP contribution is -2.26. The van der Waals surface area contributed by atoms with Crippen LogP contribution in [0.15, 0.2) is 60.7 Å². The van der Waals surface area contributed by atoms with Crippen molar-refractivity contribution in [3.63, 3.8) is 0 Å². The first kappa shape index (κ1) is 15.3.